The molecule has 0 spiro atoms. The number of aldehydes is 1. The average Bonchev–Trinajstić information content (AvgIpc) is 3.27. The summed E-state index contributed by atoms with van der Waals surface area (Å²) in [6, 6.07) is 21.5. The van der Waals surface area contributed by atoms with Crippen molar-refractivity contribution in [1.82, 2.24) is 19.6 Å². The Morgan fingerprint density at radius 1 is 1.00 bits per heavy atom. The minimum Gasteiger partial charge on any atom is -0.329 e. The molecule has 0 saturated heterocycles. The van der Waals surface area contributed by atoms with Crippen LogP contribution >= 0.6 is 11.6 Å². The molecule has 7 heteroatoms. The number of anilines is 2. The molecular formula is C23H16ClN5O. The quantitative estimate of drug-likeness (QED) is 0.380. The van der Waals surface area contributed by atoms with Crippen molar-refractivity contribution in [3.05, 3.63) is 83.6 Å². The SMILES string of the molecule is CN(c1cccc(-c2ccc(Cl)cc2)c1)c1nc2nncn2c2cc(C=O)ccc12. The molecule has 0 radical (unpaired) electrons. The van der Waals surface area contributed by atoms with Crippen molar-refractivity contribution in [1.29, 1.82) is 0 Å². The van der Waals surface area contributed by atoms with Crippen molar-refractivity contribution < 1.29 is 4.79 Å². The third-order valence-electron chi connectivity index (χ3n) is 5.12. The van der Waals surface area contributed by atoms with Crippen molar-refractivity contribution in [3.8, 4) is 11.1 Å². The van der Waals surface area contributed by atoms with Crippen LogP contribution in [0.15, 0.2) is 73.1 Å². The van der Waals surface area contributed by atoms with E-state index in [0.717, 1.165) is 39.8 Å². The maximum Gasteiger partial charge on any atom is 0.257 e. The van der Waals surface area contributed by atoms with E-state index in [2.05, 4.69) is 22.3 Å². The zero-order valence-corrected chi connectivity index (χ0v) is 16.8. The molecule has 30 heavy (non-hydrogen) atoms. The lowest BCUT2D eigenvalue weighted by Gasteiger charge is -2.21. The van der Waals surface area contributed by atoms with Gasteiger partial charge in [-0.1, -0.05) is 41.9 Å². The molecule has 0 atom stereocenters. The first-order valence-corrected chi connectivity index (χ1v) is 9.70. The molecule has 0 saturated carbocycles. The standard InChI is InChI=1S/C23H16ClN5O/c1-28(19-4-2-3-17(12-19)16-6-8-18(24)9-7-16)22-20-10-5-15(13-30)11-21(20)29-14-25-27-23(29)26-22/h2-14H,1H3. The molecule has 6 nitrogen and oxygen atoms in total. The lowest BCUT2D eigenvalue weighted by atomic mass is 10.0. The van der Waals surface area contributed by atoms with E-state index in [4.69, 9.17) is 16.6 Å². The van der Waals surface area contributed by atoms with Gasteiger partial charge in [0.2, 0.25) is 0 Å². The van der Waals surface area contributed by atoms with Gasteiger partial charge >= 0.3 is 0 Å². The predicted molar refractivity (Wildman–Crippen MR) is 119 cm³/mol. The van der Waals surface area contributed by atoms with E-state index in [9.17, 15) is 4.79 Å². The number of nitrogens with zero attached hydrogens (tertiary/aromatic N) is 5. The van der Waals surface area contributed by atoms with Gasteiger partial charge in [0.1, 0.15) is 18.4 Å². The number of carbonyl (C=O) groups is 1. The van der Waals surface area contributed by atoms with Gasteiger partial charge in [-0.3, -0.25) is 9.20 Å². The summed E-state index contributed by atoms with van der Waals surface area (Å²) in [5, 5.41) is 9.69. The van der Waals surface area contributed by atoms with Gasteiger partial charge in [0, 0.05) is 28.7 Å². The number of rotatable bonds is 4. The Morgan fingerprint density at radius 3 is 2.63 bits per heavy atom. The van der Waals surface area contributed by atoms with Crippen molar-refractivity contribution >= 4 is 46.1 Å². The molecule has 0 N–H and O–H groups in total. The molecule has 0 bridgehead atoms. The van der Waals surface area contributed by atoms with E-state index in [1.807, 2.05) is 60.5 Å². The normalized spacial score (nSPS) is 11.1. The molecule has 5 aromatic rings. The Hall–Kier alpha value is -3.77. The lowest BCUT2D eigenvalue weighted by Crippen LogP contribution is -2.13. The van der Waals surface area contributed by atoms with E-state index in [1.165, 1.54) is 0 Å². The second-order valence-corrected chi connectivity index (χ2v) is 7.38. The van der Waals surface area contributed by atoms with Crippen molar-refractivity contribution in [2.75, 3.05) is 11.9 Å². The van der Waals surface area contributed by atoms with Crippen LogP contribution in [-0.4, -0.2) is 32.9 Å². The second kappa shape index (κ2) is 7.24. The topological polar surface area (TPSA) is 63.4 Å². The van der Waals surface area contributed by atoms with Gasteiger partial charge in [0.15, 0.2) is 0 Å². The second-order valence-electron chi connectivity index (χ2n) is 6.95. The molecule has 0 fully saturated rings. The highest BCUT2D eigenvalue weighted by Gasteiger charge is 2.15. The molecule has 0 aliphatic rings. The predicted octanol–water partition coefficient (Wildman–Crippen LogP) is 5.18. The Kier molecular flexibility index (Phi) is 4.41. The fourth-order valence-electron chi connectivity index (χ4n) is 3.55. The fourth-order valence-corrected chi connectivity index (χ4v) is 3.68. The van der Waals surface area contributed by atoms with Crippen LogP contribution in [0.1, 0.15) is 10.4 Å². The molecular weight excluding hydrogens is 398 g/mol. The molecule has 0 amide bonds. The maximum atomic E-state index is 11.3. The van der Waals surface area contributed by atoms with Gasteiger partial charge in [-0.25, -0.2) is 0 Å². The summed E-state index contributed by atoms with van der Waals surface area (Å²) in [6.45, 7) is 0. The first kappa shape index (κ1) is 18.3. The Bertz CT molecular complexity index is 1390. The van der Waals surface area contributed by atoms with Gasteiger partial charge in [-0.15, -0.1) is 10.2 Å². The minimum absolute atomic E-state index is 0.473. The molecule has 0 unspecified atom stereocenters. The van der Waals surface area contributed by atoms with E-state index in [0.29, 0.717) is 16.4 Å². The minimum atomic E-state index is 0.473. The van der Waals surface area contributed by atoms with Gasteiger partial charge in [0.25, 0.3) is 5.78 Å². The lowest BCUT2D eigenvalue weighted by molar-refractivity contribution is 0.112. The van der Waals surface area contributed by atoms with Gasteiger partial charge in [-0.05, 0) is 47.5 Å². The van der Waals surface area contributed by atoms with Crippen molar-refractivity contribution in [3.63, 3.8) is 0 Å². The molecule has 0 aliphatic carbocycles. The number of fused-ring (bicyclic) bond motifs is 3. The third-order valence-corrected chi connectivity index (χ3v) is 5.37. The Labute approximate surface area is 177 Å². The van der Waals surface area contributed by atoms with Crippen LogP contribution in [-0.2, 0) is 0 Å². The highest BCUT2D eigenvalue weighted by Crippen LogP contribution is 2.32. The van der Waals surface area contributed by atoms with Crippen LogP contribution < -0.4 is 4.90 Å². The number of hydrogen-bond acceptors (Lipinski definition) is 5. The summed E-state index contributed by atoms with van der Waals surface area (Å²) in [6.07, 6.45) is 2.43. The largest absolute Gasteiger partial charge is 0.329 e. The summed E-state index contributed by atoms with van der Waals surface area (Å²) in [4.78, 5) is 18.0. The zero-order chi connectivity index (χ0) is 20.7. The van der Waals surface area contributed by atoms with E-state index < -0.39 is 0 Å². The van der Waals surface area contributed by atoms with E-state index >= 15 is 0 Å². The summed E-state index contributed by atoms with van der Waals surface area (Å²) < 4.78 is 1.78. The van der Waals surface area contributed by atoms with Crippen LogP contribution in [0, 0.1) is 0 Å². The van der Waals surface area contributed by atoms with E-state index in [-0.39, 0.29) is 0 Å². The van der Waals surface area contributed by atoms with Crippen LogP contribution in [0.3, 0.4) is 0 Å². The molecule has 0 aliphatic heterocycles. The molecule has 3 aromatic carbocycles. The number of aromatic nitrogens is 4. The first-order chi connectivity index (χ1) is 14.6. The van der Waals surface area contributed by atoms with Gasteiger partial charge < -0.3 is 4.90 Å². The fraction of sp³-hybridized carbons (Fsp3) is 0.0435. The van der Waals surface area contributed by atoms with Crippen molar-refractivity contribution in [2.45, 2.75) is 0 Å². The number of carbonyl (C=O) groups excluding carboxylic acids is 1. The highest BCUT2D eigenvalue weighted by atomic mass is 35.5. The van der Waals surface area contributed by atoms with Crippen LogP contribution in [0.2, 0.25) is 5.02 Å². The molecule has 2 aromatic heterocycles. The highest BCUT2D eigenvalue weighted by molar-refractivity contribution is 6.30. The first-order valence-electron chi connectivity index (χ1n) is 9.32. The average molecular weight is 414 g/mol. The number of halogens is 1. The smallest absolute Gasteiger partial charge is 0.257 e. The van der Waals surface area contributed by atoms with Gasteiger partial charge in [0.05, 0.1) is 5.52 Å². The van der Waals surface area contributed by atoms with E-state index in [1.54, 1.807) is 16.8 Å². The summed E-state index contributed by atoms with van der Waals surface area (Å²) in [7, 11) is 1.96. The molecule has 2 heterocycles. The maximum absolute atomic E-state index is 11.3. The third kappa shape index (κ3) is 3.07. The monoisotopic (exact) mass is 413 g/mol. The van der Waals surface area contributed by atoms with Crippen LogP contribution in [0.5, 0.6) is 0 Å². The summed E-state index contributed by atoms with van der Waals surface area (Å²) in [5.74, 6) is 1.21. The summed E-state index contributed by atoms with van der Waals surface area (Å²) in [5.41, 5.74) is 4.54. The van der Waals surface area contributed by atoms with Crippen LogP contribution in [0.25, 0.3) is 27.8 Å². The molecule has 146 valence electrons. The molecule has 5 rings (SSSR count). The number of benzene rings is 3. The zero-order valence-electron chi connectivity index (χ0n) is 16.0. The number of hydrogen-bond donors (Lipinski definition) is 0. The summed E-state index contributed by atoms with van der Waals surface area (Å²) >= 11 is 6.03. The van der Waals surface area contributed by atoms with Crippen molar-refractivity contribution in [2.24, 2.45) is 0 Å². The van der Waals surface area contributed by atoms with Crippen LogP contribution in [0.4, 0.5) is 11.5 Å². The van der Waals surface area contributed by atoms with Gasteiger partial charge in [-0.2, -0.15) is 4.98 Å². The Morgan fingerprint density at radius 2 is 1.83 bits per heavy atom. The Balaban J connectivity index is 1.65.